The summed E-state index contributed by atoms with van der Waals surface area (Å²) in [7, 11) is 0. The minimum absolute atomic E-state index is 0.611. The fourth-order valence-corrected chi connectivity index (χ4v) is 2.75. The molecule has 0 radical (unpaired) electrons. The van der Waals surface area contributed by atoms with Crippen molar-refractivity contribution < 1.29 is 9.47 Å². The van der Waals surface area contributed by atoms with Crippen molar-refractivity contribution >= 4 is 21.6 Å². The zero-order valence-corrected chi connectivity index (χ0v) is 14.9. The molecule has 0 heterocycles. The Morgan fingerprint density at radius 3 is 2.32 bits per heavy atom. The van der Waals surface area contributed by atoms with Crippen molar-refractivity contribution in [2.75, 3.05) is 18.5 Å². The second-order valence-corrected chi connectivity index (χ2v) is 5.84. The molecule has 2 aromatic carbocycles. The molecule has 0 unspecified atom stereocenters. The maximum atomic E-state index is 5.70. The Hall–Kier alpha value is -1.68. The van der Waals surface area contributed by atoms with Crippen LogP contribution in [0, 0.1) is 6.92 Å². The third kappa shape index (κ3) is 4.41. The molecule has 0 bridgehead atoms. The minimum atomic E-state index is 0.611. The van der Waals surface area contributed by atoms with Crippen LogP contribution in [0.2, 0.25) is 0 Å². The van der Waals surface area contributed by atoms with E-state index >= 15 is 0 Å². The quantitative estimate of drug-likeness (QED) is 0.736. The number of benzene rings is 2. The number of ether oxygens (including phenoxy) is 2. The lowest BCUT2D eigenvalue weighted by molar-refractivity contribution is 0.286. The normalized spacial score (nSPS) is 10.4. The van der Waals surface area contributed by atoms with Gasteiger partial charge in [0.15, 0.2) is 11.5 Å². The van der Waals surface area contributed by atoms with Gasteiger partial charge in [-0.2, -0.15) is 0 Å². The molecule has 0 aliphatic heterocycles. The smallest absolute Gasteiger partial charge is 0.175 e. The number of hydrogen-bond donors (Lipinski definition) is 1. The Kier molecular flexibility index (Phi) is 6.13. The summed E-state index contributed by atoms with van der Waals surface area (Å²) in [4.78, 5) is 0. The van der Waals surface area contributed by atoms with Gasteiger partial charge in [0, 0.05) is 12.2 Å². The first-order valence-corrected chi connectivity index (χ1v) is 8.31. The Bertz CT molecular complexity index is 611. The average molecular weight is 364 g/mol. The van der Waals surface area contributed by atoms with Crippen LogP contribution in [0.5, 0.6) is 11.5 Å². The molecule has 0 amide bonds. The number of halogens is 1. The largest absolute Gasteiger partial charge is 0.490 e. The van der Waals surface area contributed by atoms with Gasteiger partial charge in [-0.15, -0.1) is 0 Å². The number of rotatable bonds is 7. The molecular formula is C18H22BrNO2. The number of hydrogen-bond acceptors (Lipinski definition) is 3. The van der Waals surface area contributed by atoms with Crippen LogP contribution in [0.15, 0.2) is 40.9 Å². The molecule has 0 saturated carbocycles. The van der Waals surface area contributed by atoms with Crippen molar-refractivity contribution in [2.45, 2.75) is 27.3 Å². The first kappa shape index (κ1) is 16.7. The molecule has 0 fully saturated rings. The topological polar surface area (TPSA) is 30.5 Å². The number of aryl methyl sites for hydroxylation is 1. The summed E-state index contributed by atoms with van der Waals surface area (Å²) in [6.45, 7) is 7.98. The Morgan fingerprint density at radius 2 is 1.68 bits per heavy atom. The second-order valence-electron chi connectivity index (χ2n) is 4.99. The molecule has 22 heavy (non-hydrogen) atoms. The standard InChI is InChI=1S/C18H22BrNO2/c1-4-21-17-11-14(10-16(19)18(17)22-5-2)12-20-15-8-6-13(3)7-9-15/h6-11,20H,4-5,12H2,1-3H3. The average Bonchev–Trinajstić information content (AvgIpc) is 2.50. The first-order valence-electron chi connectivity index (χ1n) is 7.52. The van der Waals surface area contributed by atoms with Gasteiger partial charge in [-0.25, -0.2) is 0 Å². The van der Waals surface area contributed by atoms with E-state index in [1.807, 2.05) is 19.9 Å². The van der Waals surface area contributed by atoms with Gasteiger partial charge >= 0.3 is 0 Å². The van der Waals surface area contributed by atoms with Crippen LogP contribution in [0.3, 0.4) is 0 Å². The van der Waals surface area contributed by atoms with E-state index < -0.39 is 0 Å². The molecule has 4 heteroatoms. The summed E-state index contributed by atoms with van der Waals surface area (Å²) >= 11 is 3.57. The Balaban J connectivity index is 2.15. The summed E-state index contributed by atoms with van der Waals surface area (Å²) in [5.41, 5.74) is 3.50. The first-order chi connectivity index (χ1) is 10.6. The van der Waals surface area contributed by atoms with Crippen molar-refractivity contribution in [2.24, 2.45) is 0 Å². The van der Waals surface area contributed by atoms with E-state index in [0.717, 1.165) is 33.8 Å². The maximum absolute atomic E-state index is 5.70. The van der Waals surface area contributed by atoms with Crippen LogP contribution in [-0.4, -0.2) is 13.2 Å². The molecule has 0 atom stereocenters. The van der Waals surface area contributed by atoms with E-state index in [-0.39, 0.29) is 0 Å². The summed E-state index contributed by atoms with van der Waals surface area (Å²) in [5, 5.41) is 3.42. The van der Waals surface area contributed by atoms with Gasteiger partial charge < -0.3 is 14.8 Å². The van der Waals surface area contributed by atoms with Crippen LogP contribution in [0.25, 0.3) is 0 Å². The Morgan fingerprint density at radius 1 is 1.00 bits per heavy atom. The lowest BCUT2D eigenvalue weighted by atomic mass is 10.2. The second kappa shape index (κ2) is 8.08. The maximum Gasteiger partial charge on any atom is 0.175 e. The number of nitrogens with one attached hydrogen (secondary N) is 1. The molecule has 0 aliphatic rings. The summed E-state index contributed by atoms with van der Waals surface area (Å²) in [6.07, 6.45) is 0. The van der Waals surface area contributed by atoms with Crippen molar-refractivity contribution in [3.63, 3.8) is 0 Å². The van der Waals surface area contributed by atoms with E-state index in [0.29, 0.717) is 13.2 Å². The van der Waals surface area contributed by atoms with E-state index in [2.05, 4.69) is 58.5 Å². The molecule has 1 N–H and O–H groups in total. The molecule has 0 saturated heterocycles. The summed E-state index contributed by atoms with van der Waals surface area (Å²) in [5.74, 6) is 1.54. The SMILES string of the molecule is CCOc1cc(CNc2ccc(C)cc2)cc(Br)c1OCC. The van der Waals surface area contributed by atoms with Crippen molar-refractivity contribution in [1.29, 1.82) is 0 Å². The molecule has 0 aliphatic carbocycles. The van der Waals surface area contributed by atoms with Crippen LogP contribution >= 0.6 is 15.9 Å². The molecule has 118 valence electrons. The highest BCUT2D eigenvalue weighted by molar-refractivity contribution is 9.10. The molecule has 0 aromatic heterocycles. The predicted octanol–water partition coefficient (Wildman–Crippen LogP) is 5.17. The van der Waals surface area contributed by atoms with E-state index in [9.17, 15) is 0 Å². The summed E-state index contributed by atoms with van der Waals surface area (Å²) < 4.78 is 12.3. The summed E-state index contributed by atoms with van der Waals surface area (Å²) in [6, 6.07) is 12.5. The lowest BCUT2D eigenvalue weighted by Gasteiger charge is -2.15. The molecule has 2 rings (SSSR count). The molecular weight excluding hydrogens is 342 g/mol. The number of anilines is 1. The highest BCUT2D eigenvalue weighted by atomic mass is 79.9. The van der Waals surface area contributed by atoms with Gasteiger partial charge in [0.1, 0.15) is 0 Å². The van der Waals surface area contributed by atoms with E-state index in [4.69, 9.17) is 9.47 Å². The van der Waals surface area contributed by atoms with Crippen LogP contribution in [-0.2, 0) is 6.54 Å². The molecule has 0 spiro atoms. The van der Waals surface area contributed by atoms with Crippen LogP contribution < -0.4 is 14.8 Å². The van der Waals surface area contributed by atoms with Crippen LogP contribution in [0.4, 0.5) is 5.69 Å². The van der Waals surface area contributed by atoms with Gasteiger partial charge in [0.25, 0.3) is 0 Å². The highest BCUT2D eigenvalue weighted by Crippen LogP contribution is 2.37. The third-order valence-corrected chi connectivity index (χ3v) is 3.80. The fourth-order valence-electron chi connectivity index (χ4n) is 2.15. The zero-order valence-electron chi connectivity index (χ0n) is 13.3. The van der Waals surface area contributed by atoms with Gasteiger partial charge in [0.05, 0.1) is 17.7 Å². The van der Waals surface area contributed by atoms with E-state index in [1.54, 1.807) is 0 Å². The van der Waals surface area contributed by atoms with Crippen molar-refractivity contribution in [3.8, 4) is 11.5 Å². The van der Waals surface area contributed by atoms with Gasteiger partial charge in [-0.3, -0.25) is 0 Å². The zero-order chi connectivity index (χ0) is 15.9. The third-order valence-electron chi connectivity index (χ3n) is 3.21. The fraction of sp³-hybridized carbons (Fsp3) is 0.333. The highest BCUT2D eigenvalue weighted by Gasteiger charge is 2.11. The van der Waals surface area contributed by atoms with Gasteiger partial charge in [-0.1, -0.05) is 17.7 Å². The predicted molar refractivity (Wildman–Crippen MR) is 95.0 cm³/mol. The lowest BCUT2D eigenvalue weighted by Crippen LogP contribution is -2.03. The van der Waals surface area contributed by atoms with E-state index in [1.165, 1.54) is 5.56 Å². The van der Waals surface area contributed by atoms with Crippen molar-refractivity contribution in [3.05, 3.63) is 52.0 Å². The monoisotopic (exact) mass is 363 g/mol. The minimum Gasteiger partial charge on any atom is -0.490 e. The Labute approximate surface area is 140 Å². The van der Waals surface area contributed by atoms with Gasteiger partial charge in [-0.05, 0) is 66.5 Å². The van der Waals surface area contributed by atoms with Crippen molar-refractivity contribution in [1.82, 2.24) is 0 Å². The van der Waals surface area contributed by atoms with Crippen LogP contribution in [0.1, 0.15) is 25.0 Å². The van der Waals surface area contributed by atoms with Gasteiger partial charge in [0.2, 0.25) is 0 Å². The molecule has 3 nitrogen and oxygen atoms in total. The molecule has 2 aromatic rings.